The Morgan fingerprint density at radius 3 is 2.54 bits per heavy atom. The fourth-order valence-corrected chi connectivity index (χ4v) is 3.12. The van der Waals surface area contributed by atoms with Crippen LogP contribution in [-0.2, 0) is 20.9 Å². The monoisotopic (exact) mass is 363 g/mol. The minimum absolute atomic E-state index is 0.173. The Bertz CT molecular complexity index is 589. The van der Waals surface area contributed by atoms with Crippen LogP contribution < -0.4 is 5.32 Å². The molecule has 6 heteroatoms. The number of carbonyl (C=O) groups is 2. The summed E-state index contributed by atoms with van der Waals surface area (Å²) in [6.07, 6.45) is -0.161. The van der Waals surface area contributed by atoms with Gasteiger partial charge in [0, 0.05) is 5.92 Å². The van der Waals surface area contributed by atoms with E-state index in [-0.39, 0.29) is 30.3 Å². The van der Waals surface area contributed by atoms with Crippen LogP contribution in [-0.4, -0.2) is 35.9 Å². The first kappa shape index (κ1) is 20.2. The number of rotatable bonds is 9. The number of aliphatic hydroxyl groups excluding tert-OH is 1. The highest BCUT2D eigenvalue weighted by molar-refractivity contribution is 5.76. The van der Waals surface area contributed by atoms with Crippen molar-refractivity contribution in [3.05, 3.63) is 35.9 Å². The number of alkyl carbamates (subject to hydrolysis) is 1. The molecule has 1 aromatic carbocycles. The predicted molar refractivity (Wildman–Crippen MR) is 97.2 cm³/mol. The van der Waals surface area contributed by atoms with Crippen LogP contribution in [0, 0.1) is 17.8 Å². The molecule has 2 N–H and O–H groups in total. The van der Waals surface area contributed by atoms with Crippen molar-refractivity contribution in [3.63, 3.8) is 0 Å². The van der Waals surface area contributed by atoms with E-state index in [4.69, 9.17) is 9.47 Å². The molecule has 0 aliphatic heterocycles. The number of hydrogen-bond acceptors (Lipinski definition) is 5. The summed E-state index contributed by atoms with van der Waals surface area (Å²) < 4.78 is 10.3. The van der Waals surface area contributed by atoms with Gasteiger partial charge in [-0.25, -0.2) is 4.79 Å². The highest BCUT2D eigenvalue weighted by Crippen LogP contribution is 2.43. The van der Waals surface area contributed by atoms with Gasteiger partial charge in [0.15, 0.2) is 0 Å². The number of benzene rings is 1. The Morgan fingerprint density at radius 1 is 1.23 bits per heavy atom. The van der Waals surface area contributed by atoms with Crippen molar-refractivity contribution in [2.45, 2.75) is 52.4 Å². The molecule has 0 bridgehead atoms. The van der Waals surface area contributed by atoms with E-state index in [9.17, 15) is 14.7 Å². The quantitative estimate of drug-likeness (QED) is 0.659. The molecule has 144 valence electrons. The van der Waals surface area contributed by atoms with Gasteiger partial charge in [-0.3, -0.25) is 4.79 Å². The molecule has 26 heavy (non-hydrogen) atoms. The molecule has 0 aromatic heterocycles. The SMILES string of the molecule is CCOC(=O)[C@H]1C[C@@H]1C(O)[C@H](CC(C)C)NC(=O)OCc1ccccc1. The standard InChI is InChI=1S/C20H29NO5/c1-4-25-19(23)16-11-15(16)18(22)17(10-13(2)3)21-20(24)26-12-14-8-6-5-7-9-14/h5-9,13,15-18,22H,4,10-12H2,1-3H3,(H,21,24)/t15-,16-,17-,18?/m0/s1. The van der Waals surface area contributed by atoms with Crippen LogP contribution >= 0.6 is 0 Å². The van der Waals surface area contributed by atoms with Gasteiger partial charge < -0.3 is 19.9 Å². The Balaban J connectivity index is 1.88. The molecule has 4 atom stereocenters. The number of carbonyl (C=O) groups excluding carboxylic acids is 2. The number of amides is 1. The van der Waals surface area contributed by atoms with Crippen LogP contribution in [0.1, 0.15) is 39.2 Å². The average molecular weight is 363 g/mol. The maximum absolute atomic E-state index is 12.1. The first-order valence-corrected chi connectivity index (χ1v) is 9.24. The second kappa shape index (κ2) is 9.57. The molecule has 0 radical (unpaired) electrons. The summed E-state index contributed by atoms with van der Waals surface area (Å²) in [6.45, 7) is 6.31. The third kappa shape index (κ3) is 6.02. The highest BCUT2D eigenvalue weighted by Gasteiger charge is 2.50. The topological polar surface area (TPSA) is 84.9 Å². The van der Waals surface area contributed by atoms with E-state index in [2.05, 4.69) is 5.32 Å². The second-order valence-corrected chi connectivity index (χ2v) is 7.19. The fraction of sp³-hybridized carbons (Fsp3) is 0.600. The van der Waals surface area contributed by atoms with Crippen molar-refractivity contribution >= 4 is 12.1 Å². The Kier molecular flexibility index (Phi) is 7.45. The lowest BCUT2D eigenvalue weighted by molar-refractivity contribution is -0.145. The van der Waals surface area contributed by atoms with Crippen molar-refractivity contribution in [2.75, 3.05) is 6.61 Å². The van der Waals surface area contributed by atoms with Crippen LogP contribution in [0.4, 0.5) is 4.79 Å². The molecule has 1 aromatic rings. The third-order valence-corrected chi connectivity index (χ3v) is 4.52. The number of ether oxygens (including phenoxy) is 2. The molecule has 0 heterocycles. The van der Waals surface area contributed by atoms with E-state index < -0.39 is 18.2 Å². The number of nitrogens with one attached hydrogen (secondary N) is 1. The molecule has 0 saturated heterocycles. The highest BCUT2D eigenvalue weighted by atomic mass is 16.5. The largest absolute Gasteiger partial charge is 0.466 e. The van der Waals surface area contributed by atoms with E-state index in [0.717, 1.165) is 5.56 Å². The van der Waals surface area contributed by atoms with Gasteiger partial charge in [0.25, 0.3) is 0 Å². The minimum Gasteiger partial charge on any atom is -0.466 e. The van der Waals surface area contributed by atoms with Crippen LogP contribution in [0.3, 0.4) is 0 Å². The maximum atomic E-state index is 12.1. The van der Waals surface area contributed by atoms with Crippen LogP contribution in [0.2, 0.25) is 0 Å². The summed E-state index contributed by atoms with van der Waals surface area (Å²) in [6, 6.07) is 8.95. The third-order valence-electron chi connectivity index (χ3n) is 4.52. The molecule has 1 fully saturated rings. The van der Waals surface area contributed by atoms with Gasteiger partial charge in [0.05, 0.1) is 24.7 Å². The molecule has 1 amide bonds. The zero-order chi connectivity index (χ0) is 19.1. The van der Waals surface area contributed by atoms with E-state index in [1.165, 1.54) is 0 Å². The molecular weight excluding hydrogens is 334 g/mol. The van der Waals surface area contributed by atoms with Crippen molar-refractivity contribution in [1.29, 1.82) is 0 Å². The Hall–Kier alpha value is -2.08. The summed E-state index contributed by atoms with van der Waals surface area (Å²) in [4.78, 5) is 23.9. The summed E-state index contributed by atoms with van der Waals surface area (Å²) in [5.74, 6) is -0.440. The molecular formula is C20H29NO5. The van der Waals surface area contributed by atoms with Gasteiger partial charge in [-0.2, -0.15) is 0 Å². The Morgan fingerprint density at radius 2 is 1.92 bits per heavy atom. The van der Waals surface area contributed by atoms with E-state index in [0.29, 0.717) is 19.4 Å². The molecule has 1 aliphatic rings. The van der Waals surface area contributed by atoms with Gasteiger partial charge in [-0.15, -0.1) is 0 Å². The molecule has 1 unspecified atom stereocenters. The molecule has 1 saturated carbocycles. The maximum Gasteiger partial charge on any atom is 0.407 e. The minimum atomic E-state index is -0.795. The number of esters is 1. The number of aliphatic hydroxyl groups is 1. The fourth-order valence-electron chi connectivity index (χ4n) is 3.12. The Labute approximate surface area is 154 Å². The summed E-state index contributed by atoms with van der Waals surface area (Å²) in [7, 11) is 0. The van der Waals surface area contributed by atoms with E-state index in [1.807, 2.05) is 44.2 Å². The molecule has 6 nitrogen and oxygen atoms in total. The summed E-state index contributed by atoms with van der Waals surface area (Å²) in [5.41, 5.74) is 0.896. The van der Waals surface area contributed by atoms with Gasteiger partial charge in [-0.1, -0.05) is 44.2 Å². The van der Waals surface area contributed by atoms with E-state index >= 15 is 0 Å². The van der Waals surface area contributed by atoms with Gasteiger partial charge in [-0.05, 0) is 31.2 Å². The molecule has 2 rings (SSSR count). The smallest absolute Gasteiger partial charge is 0.407 e. The summed E-state index contributed by atoms with van der Waals surface area (Å²) in [5, 5.41) is 13.4. The normalized spacial score (nSPS) is 21.0. The van der Waals surface area contributed by atoms with Gasteiger partial charge in [0.2, 0.25) is 0 Å². The van der Waals surface area contributed by atoms with Crippen LogP contribution in [0.5, 0.6) is 0 Å². The predicted octanol–water partition coefficient (Wildman–Crippen LogP) is 2.89. The first-order valence-electron chi connectivity index (χ1n) is 9.24. The van der Waals surface area contributed by atoms with Gasteiger partial charge >= 0.3 is 12.1 Å². The van der Waals surface area contributed by atoms with E-state index in [1.54, 1.807) is 6.92 Å². The molecule has 0 spiro atoms. The van der Waals surface area contributed by atoms with Crippen LogP contribution in [0.25, 0.3) is 0 Å². The first-order chi connectivity index (χ1) is 12.4. The lowest BCUT2D eigenvalue weighted by Gasteiger charge is -2.25. The van der Waals surface area contributed by atoms with Crippen molar-refractivity contribution in [1.82, 2.24) is 5.32 Å². The lowest BCUT2D eigenvalue weighted by atomic mass is 9.96. The zero-order valence-corrected chi connectivity index (χ0v) is 15.7. The van der Waals surface area contributed by atoms with Gasteiger partial charge in [0.1, 0.15) is 6.61 Å². The average Bonchev–Trinajstić information content (AvgIpc) is 3.40. The zero-order valence-electron chi connectivity index (χ0n) is 15.7. The van der Waals surface area contributed by atoms with Crippen LogP contribution in [0.15, 0.2) is 30.3 Å². The number of hydrogen-bond donors (Lipinski definition) is 2. The molecule has 1 aliphatic carbocycles. The van der Waals surface area contributed by atoms with Crippen molar-refractivity contribution in [2.24, 2.45) is 17.8 Å². The van der Waals surface area contributed by atoms with Crippen molar-refractivity contribution in [3.8, 4) is 0 Å². The van der Waals surface area contributed by atoms with Crippen molar-refractivity contribution < 1.29 is 24.2 Å². The summed E-state index contributed by atoms with van der Waals surface area (Å²) >= 11 is 0. The second-order valence-electron chi connectivity index (χ2n) is 7.19. The lowest BCUT2D eigenvalue weighted by Crippen LogP contribution is -2.45.